The minimum absolute atomic E-state index is 0. The first-order valence-electron chi connectivity index (χ1n) is 10.3. The summed E-state index contributed by atoms with van der Waals surface area (Å²) in [5.74, 6) is 0.285. The van der Waals surface area contributed by atoms with E-state index in [-0.39, 0.29) is 29.8 Å². The van der Waals surface area contributed by atoms with Crippen LogP contribution in [0.25, 0.3) is 0 Å². The van der Waals surface area contributed by atoms with Gasteiger partial charge in [-0.3, -0.25) is 4.79 Å². The van der Waals surface area contributed by atoms with Crippen LogP contribution in [0.4, 0.5) is 0 Å². The molecule has 2 aromatic carbocycles. The Kier molecular flexibility index (Phi) is 6.79. The fraction of sp³-hybridized carbons (Fsp3) is 0.458. The third kappa shape index (κ3) is 3.97. The second kappa shape index (κ2) is 9.11. The maximum Gasteiger partial charge on any atom is 0.233 e. The van der Waals surface area contributed by atoms with E-state index in [0.717, 1.165) is 38.9 Å². The van der Waals surface area contributed by atoms with Crippen LogP contribution in [0.15, 0.2) is 60.7 Å². The lowest BCUT2D eigenvalue weighted by Crippen LogP contribution is -2.52. The molecular formula is C24H31ClN2O. The van der Waals surface area contributed by atoms with E-state index in [9.17, 15) is 4.79 Å². The van der Waals surface area contributed by atoms with Gasteiger partial charge >= 0.3 is 0 Å². The van der Waals surface area contributed by atoms with Gasteiger partial charge in [0.1, 0.15) is 0 Å². The molecule has 0 spiro atoms. The molecule has 1 unspecified atom stereocenters. The van der Waals surface area contributed by atoms with Crippen LogP contribution < -0.4 is 0 Å². The highest BCUT2D eigenvalue weighted by Gasteiger charge is 2.48. The van der Waals surface area contributed by atoms with Crippen molar-refractivity contribution < 1.29 is 4.79 Å². The monoisotopic (exact) mass is 398 g/mol. The molecule has 150 valence electrons. The Balaban J connectivity index is 0.00000225. The van der Waals surface area contributed by atoms with Crippen LogP contribution in [0.2, 0.25) is 0 Å². The summed E-state index contributed by atoms with van der Waals surface area (Å²) >= 11 is 0. The Morgan fingerprint density at radius 2 is 1.54 bits per heavy atom. The molecule has 1 atom stereocenters. The fourth-order valence-corrected chi connectivity index (χ4v) is 4.73. The van der Waals surface area contributed by atoms with Gasteiger partial charge in [-0.15, -0.1) is 12.4 Å². The predicted molar refractivity (Wildman–Crippen MR) is 117 cm³/mol. The van der Waals surface area contributed by atoms with Crippen molar-refractivity contribution in [2.24, 2.45) is 0 Å². The molecule has 0 aromatic heterocycles. The molecule has 2 aromatic rings. The number of hydrogen-bond donors (Lipinski definition) is 0. The molecule has 1 saturated carbocycles. The van der Waals surface area contributed by atoms with Crippen LogP contribution in [0.5, 0.6) is 0 Å². The molecule has 1 aliphatic heterocycles. The van der Waals surface area contributed by atoms with Crippen molar-refractivity contribution in [2.75, 3.05) is 26.7 Å². The highest BCUT2D eigenvalue weighted by molar-refractivity contribution is 5.89. The predicted octanol–water partition coefficient (Wildman–Crippen LogP) is 4.83. The average Bonchev–Trinajstić information content (AvgIpc) is 3.19. The largest absolute Gasteiger partial charge is 0.337 e. The van der Waals surface area contributed by atoms with E-state index in [2.05, 4.69) is 59.5 Å². The lowest BCUT2D eigenvalue weighted by atomic mass is 9.63. The summed E-state index contributed by atoms with van der Waals surface area (Å²) in [5, 5.41) is 0. The summed E-state index contributed by atoms with van der Waals surface area (Å²) < 4.78 is 0. The number of carbonyl (C=O) groups is 1. The van der Waals surface area contributed by atoms with Gasteiger partial charge in [0.2, 0.25) is 5.91 Å². The molecule has 4 rings (SSSR count). The van der Waals surface area contributed by atoms with E-state index in [1.807, 2.05) is 18.0 Å². The summed E-state index contributed by atoms with van der Waals surface area (Å²) in [6.45, 7) is 3.22. The van der Waals surface area contributed by atoms with Crippen molar-refractivity contribution in [1.82, 2.24) is 9.80 Å². The van der Waals surface area contributed by atoms with Crippen molar-refractivity contribution in [2.45, 2.75) is 43.6 Å². The number of halogens is 1. The maximum absolute atomic E-state index is 13.7. The van der Waals surface area contributed by atoms with Crippen molar-refractivity contribution in [3.05, 3.63) is 71.8 Å². The molecular weight excluding hydrogens is 368 g/mol. The second-order valence-corrected chi connectivity index (χ2v) is 8.15. The number of likely N-dealkylation sites (N-methyl/N-ethyl adjacent to an activating group) is 1. The first-order valence-corrected chi connectivity index (χ1v) is 10.3. The zero-order chi connectivity index (χ0) is 18.7. The highest BCUT2D eigenvalue weighted by Crippen LogP contribution is 2.46. The van der Waals surface area contributed by atoms with Crippen molar-refractivity contribution in [3.63, 3.8) is 0 Å². The van der Waals surface area contributed by atoms with Gasteiger partial charge in [-0.2, -0.15) is 0 Å². The zero-order valence-electron chi connectivity index (χ0n) is 16.7. The van der Waals surface area contributed by atoms with Crippen molar-refractivity contribution >= 4 is 18.3 Å². The number of likely N-dealkylation sites (tertiary alicyclic amines) is 1. The molecule has 2 fully saturated rings. The van der Waals surface area contributed by atoms with E-state index in [4.69, 9.17) is 0 Å². The standard InChI is InChI=1S/C24H30N2O.ClH/c1-25(23(27)24(15-10-16-24)21-13-6-3-7-14-21)22(19-26-17-8-9-18-26)20-11-4-2-5-12-20;/h2-7,11-14,22H,8-10,15-19H2,1H3;1H. The van der Waals surface area contributed by atoms with Gasteiger partial charge in [-0.1, -0.05) is 67.1 Å². The summed E-state index contributed by atoms with van der Waals surface area (Å²) in [7, 11) is 2.01. The van der Waals surface area contributed by atoms with E-state index in [1.165, 1.54) is 24.0 Å². The molecule has 3 nitrogen and oxygen atoms in total. The number of hydrogen-bond acceptors (Lipinski definition) is 2. The van der Waals surface area contributed by atoms with Crippen LogP contribution in [0, 0.1) is 0 Å². The van der Waals surface area contributed by atoms with Crippen LogP contribution in [-0.4, -0.2) is 42.4 Å². The summed E-state index contributed by atoms with van der Waals surface area (Å²) in [6.07, 6.45) is 5.60. The van der Waals surface area contributed by atoms with Gasteiger partial charge in [0.15, 0.2) is 0 Å². The molecule has 1 saturated heterocycles. The van der Waals surface area contributed by atoms with Crippen LogP contribution in [0.1, 0.15) is 49.3 Å². The van der Waals surface area contributed by atoms with E-state index < -0.39 is 0 Å². The first-order chi connectivity index (χ1) is 13.2. The van der Waals surface area contributed by atoms with Crippen LogP contribution >= 0.6 is 12.4 Å². The summed E-state index contributed by atoms with van der Waals surface area (Å²) in [6, 6.07) is 21.1. The van der Waals surface area contributed by atoms with Gasteiger partial charge in [0.25, 0.3) is 0 Å². The first kappa shape index (κ1) is 20.9. The lowest BCUT2D eigenvalue weighted by molar-refractivity contribution is -0.142. The summed E-state index contributed by atoms with van der Waals surface area (Å²) in [4.78, 5) is 18.3. The third-order valence-corrected chi connectivity index (χ3v) is 6.54. The molecule has 1 amide bonds. The fourth-order valence-electron chi connectivity index (χ4n) is 4.73. The molecule has 0 bridgehead atoms. The highest BCUT2D eigenvalue weighted by atomic mass is 35.5. The molecule has 28 heavy (non-hydrogen) atoms. The van der Waals surface area contributed by atoms with E-state index in [1.54, 1.807) is 0 Å². The SMILES string of the molecule is CN(C(=O)C1(c2ccccc2)CCC1)C(CN1CCCC1)c1ccccc1.Cl. The van der Waals surface area contributed by atoms with Gasteiger partial charge < -0.3 is 9.80 Å². The smallest absolute Gasteiger partial charge is 0.233 e. The van der Waals surface area contributed by atoms with Gasteiger partial charge in [-0.25, -0.2) is 0 Å². The molecule has 0 N–H and O–H groups in total. The summed E-state index contributed by atoms with van der Waals surface area (Å²) in [5.41, 5.74) is 2.09. The minimum atomic E-state index is -0.325. The molecule has 1 aliphatic carbocycles. The Morgan fingerprint density at radius 3 is 2.07 bits per heavy atom. The third-order valence-electron chi connectivity index (χ3n) is 6.54. The van der Waals surface area contributed by atoms with E-state index >= 15 is 0 Å². The maximum atomic E-state index is 13.7. The van der Waals surface area contributed by atoms with Gasteiger partial charge in [0.05, 0.1) is 11.5 Å². The number of benzene rings is 2. The normalized spacial score (nSPS) is 19.3. The number of amides is 1. The van der Waals surface area contributed by atoms with E-state index in [0.29, 0.717) is 0 Å². The quantitative estimate of drug-likeness (QED) is 0.696. The number of nitrogens with zero attached hydrogens (tertiary/aromatic N) is 2. The van der Waals surface area contributed by atoms with Crippen molar-refractivity contribution in [1.29, 1.82) is 0 Å². The molecule has 0 radical (unpaired) electrons. The van der Waals surface area contributed by atoms with Gasteiger partial charge in [-0.05, 0) is 49.9 Å². The number of rotatable bonds is 6. The molecule has 2 aliphatic rings. The van der Waals surface area contributed by atoms with Crippen LogP contribution in [0.3, 0.4) is 0 Å². The average molecular weight is 399 g/mol. The van der Waals surface area contributed by atoms with Crippen molar-refractivity contribution in [3.8, 4) is 0 Å². The van der Waals surface area contributed by atoms with Crippen LogP contribution in [-0.2, 0) is 10.2 Å². The van der Waals surface area contributed by atoms with Gasteiger partial charge in [0, 0.05) is 13.6 Å². The lowest BCUT2D eigenvalue weighted by Gasteiger charge is -2.45. The second-order valence-electron chi connectivity index (χ2n) is 8.15. The Labute approximate surface area is 175 Å². The minimum Gasteiger partial charge on any atom is -0.337 e. The Bertz CT molecular complexity index is 755. The molecule has 1 heterocycles. The molecule has 4 heteroatoms. The number of carbonyl (C=O) groups excluding carboxylic acids is 1. The Morgan fingerprint density at radius 1 is 0.964 bits per heavy atom. The Hall–Kier alpha value is -1.84. The zero-order valence-corrected chi connectivity index (χ0v) is 17.5. The topological polar surface area (TPSA) is 23.6 Å².